The monoisotopic (exact) mass is 225 g/mol. The summed E-state index contributed by atoms with van der Waals surface area (Å²) in [6.45, 7) is 5.67. The van der Waals surface area contributed by atoms with Gasteiger partial charge in [0.15, 0.2) is 0 Å². The van der Waals surface area contributed by atoms with Crippen molar-refractivity contribution >= 4 is 17.2 Å². The zero-order valence-corrected chi connectivity index (χ0v) is 9.78. The van der Waals surface area contributed by atoms with Crippen LogP contribution in [0.2, 0.25) is 0 Å². The Hall–Kier alpha value is -0.940. The Morgan fingerprint density at radius 1 is 1.60 bits per heavy atom. The quantitative estimate of drug-likeness (QED) is 0.784. The van der Waals surface area contributed by atoms with E-state index in [4.69, 9.17) is 0 Å². The summed E-state index contributed by atoms with van der Waals surface area (Å²) < 4.78 is 0. The summed E-state index contributed by atoms with van der Waals surface area (Å²) in [7, 11) is 0. The van der Waals surface area contributed by atoms with E-state index in [2.05, 4.69) is 15.6 Å². The van der Waals surface area contributed by atoms with Gasteiger partial charge in [0.25, 0.3) is 5.91 Å². The molecule has 82 valence electrons. The zero-order valence-electron chi connectivity index (χ0n) is 8.96. The van der Waals surface area contributed by atoms with Crippen LogP contribution in [0.1, 0.15) is 26.8 Å². The van der Waals surface area contributed by atoms with Crippen LogP contribution in [0.5, 0.6) is 0 Å². The average Bonchev–Trinajstić information content (AvgIpc) is 2.75. The summed E-state index contributed by atoms with van der Waals surface area (Å²) in [5, 5.41) is 7.19. The first-order chi connectivity index (χ1) is 7.16. The molecule has 1 aliphatic rings. The van der Waals surface area contributed by atoms with Crippen LogP contribution in [0.4, 0.5) is 0 Å². The fourth-order valence-electron chi connectivity index (χ4n) is 1.77. The van der Waals surface area contributed by atoms with Crippen LogP contribution >= 0.6 is 11.3 Å². The largest absolute Gasteiger partial charge is 0.347 e. The SMILES string of the molecule is Cc1nc(C)c(C(=O)NC2CCNC2)s1. The number of hydrogen-bond acceptors (Lipinski definition) is 4. The van der Waals surface area contributed by atoms with Crippen LogP contribution in [0.3, 0.4) is 0 Å². The van der Waals surface area contributed by atoms with Gasteiger partial charge in [0.05, 0.1) is 10.7 Å². The van der Waals surface area contributed by atoms with E-state index in [-0.39, 0.29) is 11.9 Å². The topological polar surface area (TPSA) is 54.0 Å². The molecule has 0 aromatic carbocycles. The van der Waals surface area contributed by atoms with E-state index in [1.165, 1.54) is 11.3 Å². The van der Waals surface area contributed by atoms with E-state index in [9.17, 15) is 4.79 Å². The number of aromatic nitrogens is 1. The van der Waals surface area contributed by atoms with E-state index in [1.54, 1.807) is 0 Å². The Labute approximate surface area is 93.1 Å². The number of amides is 1. The summed E-state index contributed by atoms with van der Waals surface area (Å²) >= 11 is 1.46. The van der Waals surface area contributed by atoms with E-state index in [0.29, 0.717) is 0 Å². The Balaban J connectivity index is 2.03. The maximum absolute atomic E-state index is 11.9. The first kappa shape index (κ1) is 10.6. The van der Waals surface area contributed by atoms with Crippen molar-refractivity contribution in [2.45, 2.75) is 26.3 Å². The minimum atomic E-state index is 0.0202. The minimum Gasteiger partial charge on any atom is -0.347 e. The summed E-state index contributed by atoms with van der Waals surface area (Å²) in [5.74, 6) is 0.0202. The maximum Gasteiger partial charge on any atom is 0.263 e. The summed E-state index contributed by atoms with van der Waals surface area (Å²) in [5.41, 5.74) is 0.834. The van der Waals surface area contributed by atoms with Crippen LogP contribution in [-0.2, 0) is 0 Å². The lowest BCUT2D eigenvalue weighted by Gasteiger charge is -2.09. The Bertz CT molecular complexity index is 369. The van der Waals surface area contributed by atoms with Crippen LogP contribution in [0, 0.1) is 13.8 Å². The summed E-state index contributed by atoms with van der Waals surface area (Å²) in [6, 6.07) is 0.277. The predicted octanol–water partition coefficient (Wildman–Crippen LogP) is 0.852. The van der Waals surface area contributed by atoms with Crippen molar-refractivity contribution in [1.82, 2.24) is 15.6 Å². The first-order valence-electron chi connectivity index (χ1n) is 5.12. The second kappa shape index (κ2) is 4.28. The van der Waals surface area contributed by atoms with E-state index >= 15 is 0 Å². The highest BCUT2D eigenvalue weighted by molar-refractivity contribution is 7.13. The molecule has 1 unspecified atom stereocenters. The number of carbonyl (C=O) groups is 1. The molecule has 1 aliphatic heterocycles. The van der Waals surface area contributed by atoms with Gasteiger partial charge in [-0.05, 0) is 26.8 Å². The Kier molecular flexibility index (Phi) is 3.02. The summed E-state index contributed by atoms with van der Waals surface area (Å²) in [6.07, 6.45) is 1.02. The zero-order chi connectivity index (χ0) is 10.8. The molecule has 1 aromatic heterocycles. The standard InChI is InChI=1S/C10H15N3OS/c1-6-9(15-7(2)12-6)10(14)13-8-3-4-11-5-8/h8,11H,3-5H2,1-2H3,(H,13,14). The second-order valence-corrected chi connectivity index (χ2v) is 5.01. The van der Waals surface area contributed by atoms with Crippen molar-refractivity contribution in [3.05, 3.63) is 15.6 Å². The van der Waals surface area contributed by atoms with Crippen LogP contribution in [-0.4, -0.2) is 30.0 Å². The van der Waals surface area contributed by atoms with Crippen LogP contribution in [0.15, 0.2) is 0 Å². The molecule has 0 radical (unpaired) electrons. The normalized spacial score (nSPS) is 20.5. The average molecular weight is 225 g/mol. The highest BCUT2D eigenvalue weighted by Crippen LogP contribution is 2.17. The predicted molar refractivity (Wildman–Crippen MR) is 60.3 cm³/mol. The number of hydrogen-bond donors (Lipinski definition) is 2. The van der Waals surface area contributed by atoms with Gasteiger partial charge in [-0.2, -0.15) is 0 Å². The van der Waals surface area contributed by atoms with Crippen molar-refractivity contribution in [1.29, 1.82) is 0 Å². The molecule has 15 heavy (non-hydrogen) atoms. The third-order valence-corrected chi connectivity index (χ3v) is 3.58. The highest BCUT2D eigenvalue weighted by atomic mass is 32.1. The van der Waals surface area contributed by atoms with Gasteiger partial charge >= 0.3 is 0 Å². The van der Waals surface area contributed by atoms with Gasteiger partial charge in [0, 0.05) is 12.6 Å². The molecule has 2 rings (SSSR count). The third-order valence-electron chi connectivity index (χ3n) is 2.51. The molecule has 4 nitrogen and oxygen atoms in total. The van der Waals surface area contributed by atoms with Gasteiger partial charge in [-0.3, -0.25) is 4.79 Å². The molecule has 1 fully saturated rings. The molecule has 5 heteroatoms. The van der Waals surface area contributed by atoms with E-state index < -0.39 is 0 Å². The first-order valence-corrected chi connectivity index (χ1v) is 5.94. The van der Waals surface area contributed by atoms with Crippen molar-refractivity contribution in [3.8, 4) is 0 Å². The van der Waals surface area contributed by atoms with Crippen LogP contribution < -0.4 is 10.6 Å². The molecule has 0 bridgehead atoms. The number of rotatable bonds is 2. The Morgan fingerprint density at radius 3 is 2.93 bits per heavy atom. The van der Waals surface area contributed by atoms with Gasteiger partial charge in [-0.25, -0.2) is 4.98 Å². The minimum absolute atomic E-state index is 0.0202. The van der Waals surface area contributed by atoms with Gasteiger partial charge in [-0.15, -0.1) is 11.3 Å². The lowest BCUT2D eigenvalue weighted by molar-refractivity contribution is 0.0943. The molecule has 0 saturated carbocycles. The molecule has 1 aromatic rings. The van der Waals surface area contributed by atoms with Crippen molar-refractivity contribution in [2.75, 3.05) is 13.1 Å². The number of carbonyl (C=O) groups excluding carboxylic acids is 1. The van der Waals surface area contributed by atoms with E-state index in [0.717, 1.165) is 35.1 Å². The van der Waals surface area contributed by atoms with Crippen molar-refractivity contribution in [2.24, 2.45) is 0 Å². The number of nitrogens with zero attached hydrogens (tertiary/aromatic N) is 1. The number of thiazole rings is 1. The number of aryl methyl sites for hydroxylation is 2. The Morgan fingerprint density at radius 2 is 2.40 bits per heavy atom. The lowest BCUT2D eigenvalue weighted by atomic mass is 10.2. The fraction of sp³-hybridized carbons (Fsp3) is 0.600. The lowest BCUT2D eigenvalue weighted by Crippen LogP contribution is -2.36. The highest BCUT2D eigenvalue weighted by Gasteiger charge is 2.20. The fourth-order valence-corrected chi connectivity index (χ4v) is 2.59. The third kappa shape index (κ3) is 2.35. The van der Waals surface area contributed by atoms with E-state index in [1.807, 2.05) is 13.8 Å². The smallest absolute Gasteiger partial charge is 0.263 e. The molecule has 0 aliphatic carbocycles. The second-order valence-electron chi connectivity index (χ2n) is 3.81. The van der Waals surface area contributed by atoms with Gasteiger partial charge in [0.1, 0.15) is 4.88 Å². The van der Waals surface area contributed by atoms with Gasteiger partial charge < -0.3 is 10.6 Å². The molecule has 0 spiro atoms. The van der Waals surface area contributed by atoms with Crippen molar-refractivity contribution in [3.63, 3.8) is 0 Å². The molecular weight excluding hydrogens is 210 g/mol. The molecule has 1 amide bonds. The maximum atomic E-state index is 11.9. The summed E-state index contributed by atoms with van der Waals surface area (Å²) in [4.78, 5) is 16.9. The molecule has 2 heterocycles. The van der Waals surface area contributed by atoms with Crippen molar-refractivity contribution < 1.29 is 4.79 Å². The van der Waals surface area contributed by atoms with Crippen LogP contribution in [0.25, 0.3) is 0 Å². The van der Waals surface area contributed by atoms with Gasteiger partial charge in [0.2, 0.25) is 0 Å². The molecular formula is C10H15N3OS. The molecule has 2 N–H and O–H groups in total. The number of nitrogens with one attached hydrogen (secondary N) is 2. The molecule has 1 atom stereocenters. The van der Waals surface area contributed by atoms with Gasteiger partial charge in [-0.1, -0.05) is 0 Å². The molecule has 1 saturated heterocycles.